The van der Waals surface area contributed by atoms with Crippen LogP contribution in [-0.2, 0) is 14.3 Å². The summed E-state index contributed by atoms with van der Waals surface area (Å²) < 4.78 is 6.35. The predicted octanol–water partition coefficient (Wildman–Crippen LogP) is 2.96. The minimum absolute atomic E-state index is 0.00511. The lowest BCUT2D eigenvalue weighted by molar-refractivity contribution is -0.138. The average molecular weight is 416 g/mol. The number of amides is 3. The van der Waals surface area contributed by atoms with Crippen molar-refractivity contribution in [2.45, 2.75) is 64.6 Å². The van der Waals surface area contributed by atoms with E-state index < -0.39 is 0 Å². The van der Waals surface area contributed by atoms with E-state index in [2.05, 4.69) is 24.5 Å². The summed E-state index contributed by atoms with van der Waals surface area (Å²) in [6, 6.07) is 6.82. The number of hydrogen-bond donors (Lipinski definition) is 2. The van der Waals surface area contributed by atoms with Gasteiger partial charge in [-0.1, -0.05) is 13.8 Å². The number of hydrogen-bond acceptors (Lipinski definition) is 4. The molecule has 1 atom stereocenters. The molecule has 1 aromatic rings. The third kappa shape index (κ3) is 5.81. The molecular weight excluding hydrogens is 382 g/mol. The molecule has 2 fully saturated rings. The maximum atomic E-state index is 12.4. The molecule has 3 amide bonds. The van der Waals surface area contributed by atoms with Crippen LogP contribution < -0.4 is 10.6 Å². The van der Waals surface area contributed by atoms with Crippen LogP contribution in [-0.4, -0.2) is 54.0 Å². The maximum absolute atomic E-state index is 12.4. The highest BCUT2D eigenvalue weighted by Gasteiger charge is 2.43. The molecule has 2 aliphatic heterocycles. The number of carbonyl (C=O) groups is 3. The van der Waals surface area contributed by atoms with Gasteiger partial charge in [-0.25, -0.2) is 0 Å². The van der Waals surface area contributed by atoms with Crippen LogP contribution in [0.5, 0.6) is 0 Å². The number of benzene rings is 1. The molecule has 0 unspecified atom stereocenters. The van der Waals surface area contributed by atoms with E-state index in [-0.39, 0.29) is 29.4 Å². The molecule has 3 rings (SSSR count). The quantitative estimate of drug-likeness (QED) is 0.748. The Hall–Kier alpha value is -2.41. The molecule has 0 saturated carbocycles. The van der Waals surface area contributed by atoms with Crippen LogP contribution in [0.1, 0.15) is 63.2 Å². The Morgan fingerprint density at radius 1 is 1.13 bits per heavy atom. The summed E-state index contributed by atoms with van der Waals surface area (Å²) in [6.07, 6.45) is 4.24. The number of likely N-dealkylation sites (tertiary alicyclic amines) is 1. The molecule has 0 aliphatic carbocycles. The van der Waals surface area contributed by atoms with Crippen molar-refractivity contribution in [3.63, 3.8) is 0 Å². The third-order valence-electron chi connectivity index (χ3n) is 5.91. The zero-order valence-corrected chi connectivity index (χ0v) is 18.2. The Morgan fingerprint density at radius 3 is 2.40 bits per heavy atom. The second kappa shape index (κ2) is 9.60. The molecule has 0 aromatic heterocycles. The monoisotopic (exact) mass is 415 g/mol. The maximum Gasteiger partial charge on any atom is 0.251 e. The third-order valence-corrected chi connectivity index (χ3v) is 5.91. The van der Waals surface area contributed by atoms with Gasteiger partial charge in [0.2, 0.25) is 11.8 Å². The lowest BCUT2D eigenvalue weighted by atomic mass is 9.88. The molecular formula is C23H33N3O4. The SMILES string of the molecule is CC(=O)Nc1ccc(C(=O)NC[C@@H]2CCC3(CCN(C(=O)CC(C)C)CC3)O2)cc1. The van der Waals surface area contributed by atoms with E-state index in [4.69, 9.17) is 4.74 Å². The van der Waals surface area contributed by atoms with Gasteiger partial charge in [0.25, 0.3) is 5.91 Å². The molecule has 164 valence electrons. The standard InChI is InChI=1S/C23H33N3O4/c1-16(2)14-21(28)26-12-10-23(11-13-26)9-8-20(30-23)15-24-22(29)18-4-6-19(7-5-18)25-17(3)27/h4-7,16,20H,8-15H2,1-3H3,(H,24,29)(H,25,27)/t20-/m0/s1. The molecule has 0 radical (unpaired) electrons. The highest BCUT2D eigenvalue weighted by molar-refractivity contribution is 5.95. The first-order chi connectivity index (χ1) is 14.3. The lowest BCUT2D eigenvalue weighted by Crippen LogP contribution is -2.47. The summed E-state index contributed by atoms with van der Waals surface area (Å²) in [5.74, 6) is 0.328. The second-order valence-corrected chi connectivity index (χ2v) is 8.91. The normalized spacial score (nSPS) is 20.4. The molecule has 7 nitrogen and oxygen atoms in total. The van der Waals surface area contributed by atoms with Gasteiger partial charge < -0.3 is 20.3 Å². The first kappa shape index (κ1) is 22.3. The summed E-state index contributed by atoms with van der Waals surface area (Å²) in [7, 11) is 0. The fourth-order valence-corrected chi connectivity index (χ4v) is 4.27. The molecule has 2 aliphatic rings. The molecule has 0 bridgehead atoms. The van der Waals surface area contributed by atoms with Gasteiger partial charge in [-0.3, -0.25) is 14.4 Å². The van der Waals surface area contributed by atoms with Crippen molar-refractivity contribution in [1.82, 2.24) is 10.2 Å². The highest BCUT2D eigenvalue weighted by atomic mass is 16.5. The molecule has 1 spiro atoms. The van der Waals surface area contributed by atoms with E-state index in [9.17, 15) is 14.4 Å². The lowest BCUT2D eigenvalue weighted by Gasteiger charge is -2.39. The average Bonchev–Trinajstić information content (AvgIpc) is 3.08. The smallest absolute Gasteiger partial charge is 0.251 e. The number of piperidine rings is 1. The predicted molar refractivity (Wildman–Crippen MR) is 115 cm³/mol. The number of rotatable bonds is 6. The van der Waals surface area contributed by atoms with Crippen molar-refractivity contribution < 1.29 is 19.1 Å². The molecule has 1 aromatic carbocycles. The summed E-state index contributed by atoms with van der Waals surface area (Å²) in [5, 5.41) is 5.64. The van der Waals surface area contributed by atoms with Crippen LogP contribution in [0.25, 0.3) is 0 Å². The number of nitrogens with zero attached hydrogens (tertiary/aromatic N) is 1. The van der Waals surface area contributed by atoms with Gasteiger partial charge in [0.15, 0.2) is 0 Å². The van der Waals surface area contributed by atoms with E-state index >= 15 is 0 Å². The molecule has 30 heavy (non-hydrogen) atoms. The highest BCUT2D eigenvalue weighted by Crippen LogP contribution is 2.38. The second-order valence-electron chi connectivity index (χ2n) is 8.91. The Morgan fingerprint density at radius 2 is 1.80 bits per heavy atom. The van der Waals surface area contributed by atoms with Gasteiger partial charge in [-0.15, -0.1) is 0 Å². The van der Waals surface area contributed by atoms with E-state index in [1.807, 2.05) is 4.90 Å². The van der Waals surface area contributed by atoms with Crippen molar-refractivity contribution in [2.75, 3.05) is 25.0 Å². The Bertz CT molecular complexity index is 767. The number of carbonyl (C=O) groups excluding carboxylic acids is 3. The molecule has 2 heterocycles. The Labute approximate surface area is 178 Å². The minimum Gasteiger partial charge on any atom is -0.370 e. The zero-order valence-electron chi connectivity index (χ0n) is 18.2. The van der Waals surface area contributed by atoms with Crippen LogP contribution in [0.15, 0.2) is 24.3 Å². The fourth-order valence-electron chi connectivity index (χ4n) is 4.27. The van der Waals surface area contributed by atoms with Crippen molar-refractivity contribution in [1.29, 1.82) is 0 Å². The summed E-state index contributed by atoms with van der Waals surface area (Å²) in [5.41, 5.74) is 1.07. The zero-order chi connectivity index (χ0) is 21.7. The largest absolute Gasteiger partial charge is 0.370 e. The summed E-state index contributed by atoms with van der Waals surface area (Å²) in [6.45, 7) is 7.57. The Kier molecular flexibility index (Phi) is 7.13. The van der Waals surface area contributed by atoms with Gasteiger partial charge >= 0.3 is 0 Å². The van der Waals surface area contributed by atoms with Crippen LogP contribution >= 0.6 is 0 Å². The van der Waals surface area contributed by atoms with Gasteiger partial charge in [-0.05, 0) is 55.9 Å². The summed E-state index contributed by atoms with van der Waals surface area (Å²) >= 11 is 0. The molecule has 7 heteroatoms. The number of ether oxygens (including phenoxy) is 1. The number of nitrogens with one attached hydrogen (secondary N) is 2. The van der Waals surface area contributed by atoms with Gasteiger partial charge in [-0.2, -0.15) is 0 Å². The number of anilines is 1. The molecule has 2 saturated heterocycles. The van der Waals surface area contributed by atoms with Crippen molar-refractivity contribution in [3.8, 4) is 0 Å². The van der Waals surface area contributed by atoms with Crippen LogP contribution in [0.2, 0.25) is 0 Å². The van der Waals surface area contributed by atoms with Crippen molar-refractivity contribution in [3.05, 3.63) is 29.8 Å². The molecule has 2 N–H and O–H groups in total. The van der Waals surface area contributed by atoms with Crippen molar-refractivity contribution in [2.24, 2.45) is 5.92 Å². The van der Waals surface area contributed by atoms with Gasteiger partial charge in [0, 0.05) is 44.2 Å². The minimum atomic E-state index is -0.150. The van der Waals surface area contributed by atoms with Gasteiger partial charge in [0.05, 0.1) is 11.7 Å². The first-order valence-electron chi connectivity index (χ1n) is 10.9. The first-order valence-corrected chi connectivity index (χ1v) is 10.9. The van der Waals surface area contributed by atoms with E-state index in [1.54, 1.807) is 24.3 Å². The van der Waals surface area contributed by atoms with Crippen LogP contribution in [0.3, 0.4) is 0 Å². The Balaban J connectivity index is 1.43. The van der Waals surface area contributed by atoms with Crippen LogP contribution in [0, 0.1) is 5.92 Å². The van der Waals surface area contributed by atoms with E-state index in [1.165, 1.54) is 6.92 Å². The van der Waals surface area contributed by atoms with Gasteiger partial charge in [0.1, 0.15) is 0 Å². The van der Waals surface area contributed by atoms with E-state index in [0.29, 0.717) is 30.1 Å². The van der Waals surface area contributed by atoms with Crippen molar-refractivity contribution >= 4 is 23.4 Å². The summed E-state index contributed by atoms with van der Waals surface area (Å²) in [4.78, 5) is 37.7. The topological polar surface area (TPSA) is 87.7 Å². The van der Waals surface area contributed by atoms with E-state index in [0.717, 1.165) is 38.8 Å². The fraction of sp³-hybridized carbons (Fsp3) is 0.609. The van der Waals surface area contributed by atoms with Crippen LogP contribution in [0.4, 0.5) is 5.69 Å².